The van der Waals surface area contributed by atoms with Gasteiger partial charge in [0.1, 0.15) is 11.5 Å². The van der Waals surface area contributed by atoms with Crippen molar-refractivity contribution in [1.82, 2.24) is 0 Å². The molecular formula is C16H18OS. The lowest BCUT2D eigenvalue weighted by Crippen LogP contribution is -1.87. The number of ether oxygens (including phenoxy) is 1. The molecule has 0 fully saturated rings. The van der Waals surface area contributed by atoms with E-state index in [1.54, 1.807) is 0 Å². The van der Waals surface area contributed by atoms with Crippen LogP contribution in [0.25, 0.3) is 0 Å². The Morgan fingerprint density at radius 2 is 1.44 bits per heavy atom. The number of thiol groups is 1. The first kappa shape index (κ1) is 13.0. The summed E-state index contributed by atoms with van der Waals surface area (Å²) in [5.41, 5.74) is 1.37. The van der Waals surface area contributed by atoms with E-state index in [0.717, 1.165) is 22.8 Å². The van der Waals surface area contributed by atoms with E-state index < -0.39 is 0 Å². The maximum absolute atomic E-state index is 5.76. The van der Waals surface area contributed by atoms with Gasteiger partial charge in [-0.05, 0) is 54.8 Å². The van der Waals surface area contributed by atoms with Gasteiger partial charge in [-0.25, -0.2) is 0 Å². The third kappa shape index (κ3) is 3.81. The van der Waals surface area contributed by atoms with Crippen LogP contribution in [0.2, 0.25) is 0 Å². The molecule has 0 spiro atoms. The van der Waals surface area contributed by atoms with Gasteiger partial charge in [0.25, 0.3) is 0 Å². The lowest BCUT2D eigenvalue weighted by molar-refractivity contribution is 0.482. The quantitative estimate of drug-likeness (QED) is 0.733. The topological polar surface area (TPSA) is 9.23 Å². The summed E-state index contributed by atoms with van der Waals surface area (Å²) in [7, 11) is 0. The van der Waals surface area contributed by atoms with E-state index >= 15 is 0 Å². The molecule has 0 aliphatic heterocycles. The van der Waals surface area contributed by atoms with Gasteiger partial charge < -0.3 is 4.74 Å². The van der Waals surface area contributed by atoms with E-state index in [1.165, 1.54) is 18.4 Å². The van der Waals surface area contributed by atoms with Crippen LogP contribution >= 0.6 is 12.6 Å². The van der Waals surface area contributed by atoms with Gasteiger partial charge in [-0.1, -0.05) is 25.5 Å². The van der Waals surface area contributed by atoms with Crippen molar-refractivity contribution in [3.05, 3.63) is 54.1 Å². The minimum atomic E-state index is 0.842. The molecule has 18 heavy (non-hydrogen) atoms. The smallest absolute Gasteiger partial charge is 0.127 e. The lowest BCUT2D eigenvalue weighted by atomic mass is 10.1. The average molecular weight is 258 g/mol. The highest BCUT2D eigenvalue weighted by Gasteiger charge is 1.98. The molecule has 0 amide bonds. The molecular weight excluding hydrogens is 240 g/mol. The summed E-state index contributed by atoms with van der Waals surface area (Å²) >= 11 is 4.25. The molecule has 0 atom stereocenters. The molecule has 1 nitrogen and oxygen atoms in total. The molecule has 0 bridgehead atoms. The zero-order valence-corrected chi connectivity index (χ0v) is 11.5. The van der Waals surface area contributed by atoms with Crippen LogP contribution < -0.4 is 4.74 Å². The summed E-state index contributed by atoms with van der Waals surface area (Å²) in [6.07, 6.45) is 3.61. The summed E-state index contributed by atoms with van der Waals surface area (Å²) in [4.78, 5) is 0.942. The maximum Gasteiger partial charge on any atom is 0.127 e. The van der Waals surface area contributed by atoms with Gasteiger partial charge in [0.2, 0.25) is 0 Å². The van der Waals surface area contributed by atoms with Crippen LogP contribution in [0.4, 0.5) is 0 Å². The van der Waals surface area contributed by atoms with Gasteiger partial charge in [-0.2, -0.15) is 0 Å². The van der Waals surface area contributed by atoms with Gasteiger partial charge in [-0.3, -0.25) is 0 Å². The second-order valence-electron chi connectivity index (χ2n) is 4.34. The molecule has 0 aliphatic carbocycles. The van der Waals surface area contributed by atoms with Crippen molar-refractivity contribution in [3.63, 3.8) is 0 Å². The van der Waals surface area contributed by atoms with Crippen molar-refractivity contribution in [2.24, 2.45) is 0 Å². The second kappa shape index (κ2) is 6.50. The summed E-state index contributed by atoms with van der Waals surface area (Å²) in [5.74, 6) is 1.72. The number of unbranched alkanes of at least 4 members (excludes halogenated alkanes) is 1. The minimum absolute atomic E-state index is 0.842. The molecule has 2 heteroatoms. The van der Waals surface area contributed by atoms with E-state index in [1.807, 2.05) is 36.4 Å². The Bertz CT molecular complexity index is 473. The third-order valence-corrected chi connectivity index (χ3v) is 3.11. The molecule has 2 aromatic rings. The standard InChI is InChI=1S/C16H18OS/c1-2-3-4-13-5-7-14(8-6-13)17-15-9-11-16(18)12-10-15/h5-12,18H,2-4H2,1H3. The Balaban J connectivity index is 1.99. The lowest BCUT2D eigenvalue weighted by Gasteiger charge is -2.07. The average Bonchev–Trinajstić information content (AvgIpc) is 2.41. The monoisotopic (exact) mass is 258 g/mol. The summed E-state index contributed by atoms with van der Waals surface area (Å²) < 4.78 is 5.76. The van der Waals surface area contributed by atoms with Crippen LogP contribution in [0.5, 0.6) is 11.5 Å². The van der Waals surface area contributed by atoms with Crippen molar-refractivity contribution in [2.45, 2.75) is 31.1 Å². The first-order chi connectivity index (χ1) is 8.78. The molecule has 0 N–H and O–H groups in total. The van der Waals surface area contributed by atoms with E-state index in [4.69, 9.17) is 4.74 Å². The Kier molecular flexibility index (Phi) is 4.71. The van der Waals surface area contributed by atoms with Gasteiger partial charge >= 0.3 is 0 Å². The number of rotatable bonds is 5. The predicted molar refractivity (Wildman–Crippen MR) is 78.8 cm³/mol. The predicted octanol–water partition coefficient (Wildman–Crippen LogP) is 5.11. The van der Waals surface area contributed by atoms with Gasteiger partial charge in [0.15, 0.2) is 0 Å². The number of benzene rings is 2. The summed E-state index contributed by atoms with van der Waals surface area (Å²) in [6, 6.07) is 16.0. The molecule has 0 heterocycles. The zero-order chi connectivity index (χ0) is 12.8. The Hall–Kier alpha value is -1.41. The molecule has 0 unspecified atom stereocenters. The molecule has 0 saturated heterocycles. The molecule has 0 radical (unpaired) electrons. The van der Waals surface area contributed by atoms with Crippen LogP contribution in [0.1, 0.15) is 25.3 Å². The molecule has 0 saturated carbocycles. The van der Waals surface area contributed by atoms with E-state index in [2.05, 4.69) is 31.7 Å². The van der Waals surface area contributed by atoms with E-state index in [0.29, 0.717) is 0 Å². The highest BCUT2D eigenvalue weighted by atomic mass is 32.1. The maximum atomic E-state index is 5.76. The largest absolute Gasteiger partial charge is 0.457 e. The van der Waals surface area contributed by atoms with Crippen LogP contribution in [-0.2, 0) is 6.42 Å². The highest BCUT2D eigenvalue weighted by Crippen LogP contribution is 2.23. The van der Waals surface area contributed by atoms with Crippen molar-refractivity contribution in [1.29, 1.82) is 0 Å². The number of hydrogen-bond donors (Lipinski definition) is 1. The fourth-order valence-corrected chi connectivity index (χ4v) is 1.90. The van der Waals surface area contributed by atoms with Gasteiger partial charge in [-0.15, -0.1) is 12.6 Å². The minimum Gasteiger partial charge on any atom is -0.457 e. The van der Waals surface area contributed by atoms with E-state index in [9.17, 15) is 0 Å². The fourth-order valence-electron chi connectivity index (χ4n) is 1.76. The second-order valence-corrected chi connectivity index (χ2v) is 4.86. The van der Waals surface area contributed by atoms with Crippen molar-refractivity contribution in [3.8, 4) is 11.5 Å². The third-order valence-electron chi connectivity index (χ3n) is 2.81. The van der Waals surface area contributed by atoms with Crippen molar-refractivity contribution >= 4 is 12.6 Å². The fraction of sp³-hybridized carbons (Fsp3) is 0.250. The first-order valence-electron chi connectivity index (χ1n) is 6.34. The van der Waals surface area contributed by atoms with Crippen LogP contribution in [-0.4, -0.2) is 0 Å². The Morgan fingerprint density at radius 3 is 2.00 bits per heavy atom. The normalized spacial score (nSPS) is 10.3. The zero-order valence-electron chi connectivity index (χ0n) is 10.6. The van der Waals surface area contributed by atoms with E-state index in [-0.39, 0.29) is 0 Å². The highest BCUT2D eigenvalue weighted by molar-refractivity contribution is 7.80. The molecule has 0 aromatic heterocycles. The summed E-state index contributed by atoms with van der Waals surface area (Å²) in [5, 5.41) is 0. The van der Waals surface area contributed by atoms with Crippen LogP contribution in [0.3, 0.4) is 0 Å². The van der Waals surface area contributed by atoms with Gasteiger partial charge in [0, 0.05) is 4.90 Å². The first-order valence-corrected chi connectivity index (χ1v) is 6.78. The van der Waals surface area contributed by atoms with Crippen molar-refractivity contribution < 1.29 is 4.74 Å². The molecule has 94 valence electrons. The van der Waals surface area contributed by atoms with Crippen LogP contribution in [0.15, 0.2) is 53.4 Å². The molecule has 2 aromatic carbocycles. The Labute approximate surface area is 114 Å². The van der Waals surface area contributed by atoms with Crippen molar-refractivity contribution in [2.75, 3.05) is 0 Å². The molecule has 2 rings (SSSR count). The summed E-state index contributed by atoms with van der Waals surface area (Å²) in [6.45, 7) is 2.21. The number of aryl methyl sites for hydroxylation is 1. The number of hydrogen-bond acceptors (Lipinski definition) is 2. The SMILES string of the molecule is CCCCc1ccc(Oc2ccc(S)cc2)cc1. The Morgan fingerprint density at radius 1 is 0.889 bits per heavy atom. The van der Waals surface area contributed by atoms with Crippen LogP contribution in [0, 0.1) is 0 Å². The molecule has 0 aliphatic rings. The van der Waals surface area contributed by atoms with Gasteiger partial charge in [0.05, 0.1) is 0 Å².